The third kappa shape index (κ3) is 8.69. The Labute approximate surface area is 187 Å². The maximum absolute atomic E-state index is 12.9. The number of carbonyl (C=O) groups excluding carboxylic acids is 1. The lowest BCUT2D eigenvalue weighted by molar-refractivity contribution is -0.192. The molecule has 0 aliphatic rings. The van der Waals surface area contributed by atoms with Crippen molar-refractivity contribution in [2.75, 3.05) is 5.32 Å². The van der Waals surface area contributed by atoms with Crippen LogP contribution in [0, 0.1) is 5.82 Å². The van der Waals surface area contributed by atoms with Crippen LogP contribution in [0.2, 0.25) is 0 Å². The number of pyridine rings is 1. The molecule has 0 spiro atoms. The van der Waals surface area contributed by atoms with Gasteiger partial charge in [0.1, 0.15) is 5.82 Å². The highest BCUT2D eigenvalue weighted by molar-refractivity contribution is 6.04. The average Bonchev–Trinajstić information content (AvgIpc) is 2.79. The number of anilines is 1. The third-order valence-corrected chi connectivity index (χ3v) is 4.38. The van der Waals surface area contributed by atoms with Crippen LogP contribution in [0.1, 0.15) is 34.5 Å². The fourth-order valence-corrected chi connectivity index (χ4v) is 2.55. The first-order valence-corrected chi connectivity index (χ1v) is 9.65. The van der Waals surface area contributed by atoms with E-state index in [1.165, 1.54) is 12.1 Å². The number of carbonyl (C=O) groups is 2. The minimum Gasteiger partial charge on any atom is -0.475 e. The molecule has 0 fully saturated rings. The van der Waals surface area contributed by atoms with Gasteiger partial charge in [-0.25, -0.2) is 9.18 Å². The van der Waals surface area contributed by atoms with Gasteiger partial charge in [-0.05, 0) is 54.4 Å². The fourth-order valence-electron chi connectivity index (χ4n) is 2.55. The summed E-state index contributed by atoms with van der Waals surface area (Å²) in [5.41, 5.74) is 3.44. The van der Waals surface area contributed by atoms with Crippen molar-refractivity contribution in [2.24, 2.45) is 0 Å². The van der Waals surface area contributed by atoms with Crippen molar-refractivity contribution in [3.8, 4) is 0 Å². The van der Waals surface area contributed by atoms with Crippen molar-refractivity contribution >= 4 is 17.6 Å². The topological polar surface area (TPSA) is 91.3 Å². The normalized spacial score (nSPS) is 11.7. The van der Waals surface area contributed by atoms with E-state index in [0.29, 0.717) is 12.1 Å². The zero-order valence-electron chi connectivity index (χ0n) is 17.4. The van der Waals surface area contributed by atoms with Gasteiger partial charge in [0.15, 0.2) is 0 Å². The van der Waals surface area contributed by atoms with Crippen molar-refractivity contribution < 1.29 is 32.3 Å². The molecule has 0 aliphatic heterocycles. The summed E-state index contributed by atoms with van der Waals surface area (Å²) in [5, 5.41) is 13.4. The van der Waals surface area contributed by atoms with E-state index in [0.717, 1.165) is 16.8 Å². The molecular weight excluding hydrogens is 442 g/mol. The van der Waals surface area contributed by atoms with Gasteiger partial charge in [-0.15, -0.1) is 0 Å². The summed E-state index contributed by atoms with van der Waals surface area (Å²) in [6.45, 7) is 2.72. The second kappa shape index (κ2) is 11.7. The van der Waals surface area contributed by atoms with Crippen LogP contribution in [0.15, 0.2) is 73.1 Å². The van der Waals surface area contributed by atoms with Crippen molar-refractivity contribution in [2.45, 2.75) is 25.7 Å². The Morgan fingerprint density at radius 3 is 2.03 bits per heavy atom. The minimum absolute atomic E-state index is 0.130. The molecule has 0 saturated carbocycles. The van der Waals surface area contributed by atoms with Gasteiger partial charge >= 0.3 is 12.1 Å². The summed E-state index contributed by atoms with van der Waals surface area (Å²) in [7, 11) is 0. The fraction of sp³-hybridized carbons (Fsp3) is 0.174. The highest BCUT2D eigenvalue weighted by atomic mass is 19.4. The molecule has 1 amide bonds. The van der Waals surface area contributed by atoms with Crippen LogP contribution in [0.25, 0.3) is 0 Å². The first-order chi connectivity index (χ1) is 15.6. The molecule has 3 rings (SSSR count). The van der Waals surface area contributed by atoms with E-state index in [9.17, 15) is 22.4 Å². The Morgan fingerprint density at radius 2 is 1.52 bits per heavy atom. The molecule has 0 saturated heterocycles. The number of carboxylic acid groups (broad SMARTS) is 1. The van der Waals surface area contributed by atoms with Gasteiger partial charge < -0.3 is 15.7 Å². The first-order valence-electron chi connectivity index (χ1n) is 9.65. The van der Waals surface area contributed by atoms with Crippen molar-refractivity contribution in [3.05, 3.63) is 95.6 Å². The zero-order valence-corrected chi connectivity index (χ0v) is 17.4. The monoisotopic (exact) mass is 463 g/mol. The molecule has 10 heteroatoms. The molecule has 3 aromatic rings. The predicted octanol–water partition coefficient (Wildman–Crippen LogP) is 4.96. The standard InChI is InChI=1S/C21H20FN3O.C2HF3O2/c1-15(24-14-16-2-6-19(22)7-3-16)17-4-8-20(9-5-17)25-21(26)18-10-12-23-13-11-18;3-2(4,5)1(6)7/h2-13,15,24H,14H2,1H3,(H,25,26);(H,6,7). The number of benzene rings is 2. The van der Waals surface area contributed by atoms with Gasteiger partial charge in [0, 0.05) is 36.2 Å². The quantitative estimate of drug-likeness (QED) is 0.450. The lowest BCUT2D eigenvalue weighted by Gasteiger charge is -2.15. The number of halogens is 4. The number of rotatable bonds is 6. The largest absolute Gasteiger partial charge is 0.490 e. The molecule has 6 nitrogen and oxygen atoms in total. The molecule has 0 radical (unpaired) electrons. The van der Waals surface area contributed by atoms with E-state index < -0.39 is 12.1 Å². The first kappa shape index (κ1) is 25.5. The summed E-state index contributed by atoms with van der Waals surface area (Å²) in [6, 6.07) is 17.6. The summed E-state index contributed by atoms with van der Waals surface area (Å²) < 4.78 is 44.7. The van der Waals surface area contributed by atoms with E-state index in [-0.39, 0.29) is 17.8 Å². The Kier molecular flexibility index (Phi) is 9.05. The molecule has 1 unspecified atom stereocenters. The third-order valence-electron chi connectivity index (χ3n) is 4.38. The van der Waals surface area contributed by atoms with E-state index in [1.54, 1.807) is 36.7 Å². The van der Waals surface area contributed by atoms with Gasteiger partial charge in [-0.1, -0.05) is 24.3 Å². The molecule has 174 valence electrons. The smallest absolute Gasteiger partial charge is 0.475 e. The Bertz CT molecular complexity index is 1040. The second-order valence-electron chi connectivity index (χ2n) is 6.84. The molecular formula is C23H21F4N3O3. The number of hydrogen-bond acceptors (Lipinski definition) is 4. The van der Waals surface area contributed by atoms with Crippen LogP contribution in [-0.2, 0) is 11.3 Å². The highest BCUT2D eigenvalue weighted by Gasteiger charge is 2.38. The molecule has 1 heterocycles. The second-order valence-corrected chi connectivity index (χ2v) is 6.84. The van der Waals surface area contributed by atoms with Gasteiger partial charge in [-0.2, -0.15) is 13.2 Å². The van der Waals surface area contributed by atoms with Gasteiger partial charge in [0.2, 0.25) is 0 Å². The number of hydrogen-bond donors (Lipinski definition) is 3. The zero-order chi connectivity index (χ0) is 24.4. The molecule has 0 bridgehead atoms. The number of nitrogens with one attached hydrogen (secondary N) is 2. The van der Waals surface area contributed by atoms with E-state index >= 15 is 0 Å². The number of carboxylic acids is 1. The molecule has 1 atom stereocenters. The Balaban J connectivity index is 0.000000479. The lowest BCUT2D eigenvalue weighted by atomic mass is 10.1. The summed E-state index contributed by atoms with van der Waals surface area (Å²) in [6.07, 6.45) is -1.90. The van der Waals surface area contributed by atoms with E-state index in [4.69, 9.17) is 9.90 Å². The maximum atomic E-state index is 12.9. The van der Waals surface area contributed by atoms with Gasteiger partial charge in [-0.3, -0.25) is 9.78 Å². The number of nitrogens with zero attached hydrogens (tertiary/aromatic N) is 1. The predicted molar refractivity (Wildman–Crippen MR) is 114 cm³/mol. The van der Waals surface area contributed by atoms with E-state index in [2.05, 4.69) is 22.5 Å². The molecule has 0 aliphatic carbocycles. The van der Waals surface area contributed by atoms with Crippen LogP contribution in [0.5, 0.6) is 0 Å². The molecule has 3 N–H and O–H groups in total. The Morgan fingerprint density at radius 1 is 0.970 bits per heavy atom. The molecule has 1 aromatic heterocycles. The van der Waals surface area contributed by atoms with Crippen LogP contribution in [0.4, 0.5) is 23.2 Å². The average molecular weight is 463 g/mol. The van der Waals surface area contributed by atoms with Crippen LogP contribution in [0.3, 0.4) is 0 Å². The summed E-state index contributed by atoms with van der Waals surface area (Å²) >= 11 is 0. The number of aromatic nitrogens is 1. The van der Waals surface area contributed by atoms with Crippen molar-refractivity contribution in [1.29, 1.82) is 0 Å². The Hall–Kier alpha value is -3.79. The minimum atomic E-state index is -5.08. The van der Waals surface area contributed by atoms with Gasteiger partial charge in [0.05, 0.1) is 0 Å². The highest BCUT2D eigenvalue weighted by Crippen LogP contribution is 2.17. The molecule has 2 aromatic carbocycles. The number of alkyl halides is 3. The summed E-state index contributed by atoms with van der Waals surface area (Å²) in [5.74, 6) is -3.15. The van der Waals surface area contributed by atoms with Crippen LogP contribution >= 0.6 is 0 Å². The van der Waals surface area contributed by atoms with E-state index in [1.807, 2.05) is 24.3 Å². The van der Waals surface area contributed by atoms with Crippen LogP contribution < -0.4 is 10.6 Å². The van der Waals surface area contributed by atoms with Crippen molar-refractivity contribution in [1.82, 2.24) is 10.3 Å². The number of aliphatic carboxylic acids is 1. The SMILES string of the molecule is CC(NCc1ccc(F)cc1)c1ccc(NC(=O)c2ccncc2)cc1.O=C(O)C(F)(F)F. The van der Waals surface area contributed by atoms with Crippen molar-refractivity contribution in [3.63, 3.8) is 0 Å². The lowest BCUT2D eigenvalue weighted by Crippen LogP contribution is -2.21. The maximum Gasteiger partial charge on any atom is 0.490 e. The summed E-state index contributed by atoms with van der Waals surface area (Å²) in [4.78, 5) is 24.9. The molecule has 33 heavy (non-hydrogen) atoms. The number of amides is 1. The van der Waals surface area contributed by atoms with Gasteiger partial charge in [0.25, 0.3) is 5.91 Å². The van der Waals surface area contributed by atoms with Crippen LogP contribution in [-0.4, -0.2) is 28.1 Å².